The number of carbonyl (C=O) groups is 2. The van der Waals surface area contributed by atoms with Crippen molar-refractivity contribution in [1.82, 2.24) is 0 Å². The lowest BCUT2D eigenvalue weighted by Gasteiger charge is -2.45. The standard InChI is InChI=1S/C40H54O4Si/c1-6-7-8-9-10-13-23-36(30-29-34-21-20-22-35(32-34)39(43-33(2)42)28-18-19-31-41)44-45(40(3,4)5,37-24-14-11-15-25-37)38-26-16-12-17-27-38/h11-12,14-17,20-22,24-27,29-32,36,39H,6-10,13,18-19,23,28H2,1-5H3. The van der Waals surface area contributed by atoms with Crippen LogP contribution in [0.3, 0.4) is 0 Å². The van der Waals surface area contributed by atoms with Gasteiger partial charge in [-0.25, -0.2) is 0 Å². The van der Waals surface area contributed by atoms with Gasteiger partial charge in [0.25, 0.3) is 8.32 Å². The Morgan fingerprint density at radius 1 is 0.800 bits per heavy atom. The van der Waals surface area contributed by atoms with Crippen LogP contribution in [0.2, 0.25) is 5.04 Å². The van der Waals surface area contributed by atoms with E-state index in [2.05, 4.69) is 113 Å². The van der Waals surface area contributed by atoms with Gasteiger partial charge in [0.15, 0.2) is 0 Å². The molecule has 3 rings (SSSR count). The van der Waals surface area contributed by atoms with Crippen molar-refractivity contribution in [2.75, 3.05) is 0 Å². The fourth-order valence-corrected chi connectivity index (χ4v) is 10.9. The van der Waals surface area contributed by atoms with E-state index in [-0.39, 0.29) is 23.2 Å². The molecule has 2 unspecified atom stereocenters. The number of carbonyl (C=O) groups excluding carboxylic acids is 2. The highest BCUT2D eigenvalue weighted by atomic mass is 28.4. The molecule has 0 aliphatic heterocycles. The van der Waals surface area contributed by atoms with Gasteiger partial charge >= 0.3 is 5.97 Å². The van der Waals surface area contributed by atoms with Crippen LogP contribution in [0.5, 0.6) is 0 Å². The van der Waals surface area contributed by atoms with Crippen LogP contribution in [0, 0.1) is 0 Å². The summed E-state index contributed by atoms with van der Waals surface area (Å²) in [5, 5.41) is 2.46. The molecule has 242 valence electrons. The van der Waals surface area contributed by atoms with Crippen molar-refractivity contribution in [3.63, 3.8) is 0 Å². The van der Waals surface area contributed by atoms with Gasteiger partial charge in [-0.3, -0.25) is 4.79 Å². The third-order valence-corrected chi connectivity index (χ3v) is 13.5. The zero-order valence-corrected chi connectivity index (χ0v) is 29.2. The normalized spacial score (nSPS) is 13.4. The van der Waals surface area contributed by atoms with Gasteiger partial charge < -0.3 is 14.0 Å². The van der Waals surface area contributed by atoms with Gasteiger partial charge in [-0.15, -0.1) is 0 Å². The lowest BCUT2D eigenvalue weighted by atomic mass is 10.0. The van der Waals surface area contributed by atoms with Crippen LogP contribution in [0.25, 0.3) is 6.08 Å². The lowest BCUT2D eigenvalue weighted by Crippen LogP contribution is -2.67. The van der Waals surface area contributed by atoms with E-state index in [4.69, 9.17) is 9.16 Å². The fourth-order valence-electron chi connectivity index (χ4n) is 6.20. The topological polar surface area (TPSA) is 52.6 Å². The van der Waals surface area contributed by atoms with E-state index in [0.29, 0.717) is 19.3 Å². The molecule has 45 heavy (non-hydrogen) atoms. The molecule has 0 heterocycles. The molecule has 0 aliphatic rings. The third-order valence-electron chi connectivity index (χ3n) is 8.47. The highest BCUT2D eigenvalue weighted by Gasteiger charge is 2.51. The number of esters is 1. The molecule has 0 aliphatic carbocycles. The first kappa shape index (κ1) is 36.2. The Hall–Kier alpha value is -3.28. The summed E-state index contributed by atoms with van der Waals surface area (Å²) in [6.07, 6.45) is 15.0. The average molecular weight is 627 g/mol. The predicted molar refractivity (Wildman–Crippen MR) is 190 cm³/mol. The minimum atomic E-state index is -2.73. The minimum absolute atomic E-state index is 0.0667. The third kappa shape index (κ3) is 10.9. The van der Waals surface area contributed by atoms with Crippen LogP contribution in [0.1, 0.15) is 116 Å². The number of benzene rings is 3. The molecule has 0 fully saturated rings. The molecule has 4 nitrogen and oxygen atoms in total. The molecule has 0 saturated heterocycles. The number of hydrogen-bond acceptors (Lipinski definition) is 4. The maximum absolute atomic E-state index is 11.9. The van der Waals surface area contributed by atoms with Crippen LogP contribution in [-0.4, -0.2) is 26.7 Å². The molecule has 0 amide bonds. The maximum atomic E-state index is 11.9. The van der Waals surface area contributed by atoms with E-state index in [0.717, 1.165) is 30.3 Å². The summed E-state index contributed by atoms with van der Waals surface area (Å²) in [5.74, 6) is -0.315. The number of aldehydes is 1. The Balaban J connectivity index is 1.99. The summed E-state index contributed by atoms with van der Waals surface area (Å²) >= 11 is 0. The summed E-state index contributed by atoms with van der Waals surface area (Å²) < 4.78 is 13.2. The van der Waals surface area contributed by atoms with Crippen molar-refractivity contribution < 1.29 is 18.8 Å². The van der Waals surface area contributed by atoms with E-state index >= 15 is 0 Å². The summed E-state index contributed by atoms with van der Waals surface area (Å²) in [5.41, 5.74) is 1.98. The maximum Gasteiger partial charge on any atom is 0.303 e. The number of ether oxygens (including phenoxy) is 1. The van der Waals surface area contributed by atoms with Gasteiger partial charge in [0, 0.05) is 13.3 Å². The molecule has 0 spiro atoms. The van der Waals surface area contributed by atoms with Crippen molar-refractivity contribution in [3.8, 4) is 0 Å². The Bertz CT molecular complexity index is 1270. The highest BCUT2D eigenvalue weighted by molar-refractivity contribution is 6.99. The SMILES string of the molecule is CCCCCCCCC(C=Cc1cccc(C(CCCC=O)OC(C)=O)c1)O[Si](c1ccccc1)(c1ccccc1)C(C)(C)C. The Labute approximate surface area is 273 Å². The van der Waals surface area contributed by atoms with Gasteiger partial charge in [-0.1, -0.05) is 157 Å². The zero-order chi connectivity index (χ0) is 32.5. The molecule has 5 heteroatoms. The summed E-state index contributed by atoms with van der Waals surface area (Å²) in [6, 6.07) is 29.9. The van der Waals surface area contributed by atoms with E-state index in [1.54, 1.807) is 0 Å². The Kier molecular flexibility index (Phi) is 15.0. The van der Waals surface area contributed by atoms with E-state index in [1.165, 1.54) is 49.4 Å². The largest absolute Gasteiger partial charge is 0.458 e. The van der Waals surface area contributed by atoms with Crippen LogP contribution < -0.4 is 10.4 Å². The van der Waals surface area contributed by atoms with Crippen LogP contribution in [0.15, 0.2) is 91.0 Å². The van der Waals surface area contributed by atoms with Crippen molar-refractivity contribution in [2.45, 2.75) is 116 Å². The van der Waals surface area contributed by atoms with Gasteiger partial charge in [0.2, 0.25) is 0 Å². The molecule has 0 saturated carbocycles. The predicted octanol–water partition coefficient (Wildman–Crippen LogP) is 9.37. The van der Waals surface area contributed by atoms with Gasteiger partial charge in [-0.2, -0.15) is 0 Å². The molecule has 3 aromatic carbocycles. The summed E-state index contributed by atoms with van der Waals surface area (Å²) in [7, 11) is -2.73. The number of rotatable bonds is 19. The molecule has 0 bridgehead atoms. The van der Waals surface area contributed by atoms with Gasteiger partial charge in [-0.05, 0) is 51.9 Å². The minimum Gasteiger partial charge on any atom is -0.458 e. The molecule has 2 atom stereocenters. The zero-order valence-electron chi connectivity index (χ0n) is 28.2. The van der Waals surface area contributed by atoms with Gasteiger partial charge in [0.05, 0.1) is 6.10 Å². The van der Waals surface area contributed by atoms with E-state index in [1.807, 2.05) is 12.1 Å². The van der Waals surface area contributed by atoms with Gasteiger partial charge in [0.1, 0.15) is 12.4 Å². The molecule has 0 radical (unpaired) electrons. The lowest BCUT2D eigenvalue weighted by molar-refractivity contribution is -0.147. The average Bonchev–Trinajstić information content (AvgIpc) is 3.03. The summed E-state index contributed by atoms with van der Waals surface area (Å²) in [6.45, 7) is 10.7. The van der Waals surface area contributed by atoms with E-state index in [9.17, 15) is 9.59 Å². The number of hydrogen-bond donors (Lipinski definition) is 0. The van der Waals surface area contributed by atoms with Crippen molar-refractivity contribution in [3.05, 3.63) is 102 Å². The highest BCUT2D eigenvalue weighted by Crippen LogP contribution is 2.38. The van der Waals surface area contributed by atoms with Crippen LogP contribution >= 0.6 is 0 Å². The van der Waals surface area contributed by atoms with E-state index < -0.39 is 8.32 Å². The quantitative estimate of drug-likeness (QED) is 0.0576. The summed E-state index contributed by atoms with van der Waals surface area (Å²) in [4.78, 5) is 22.8. The molecular formula is C40H54O4Si. The second-order valence-electron chi connectivity index (χ2n) is 13.1. The second kappa shape index (κ2) is 18.6. The fraction of sp³-hybridized carbons (Fsp3) is 0.450. The van der Waals surface area contributed by atoms with Crippen LogP contribution in [0.4, 0.5) is 0 Å². The monoisotopic (exact) mass is 626 g/mol. The van der Waals surface area contributed by atoms with Crippen molar-refractivity contribution in [2.24, 2.45) is 0 Å². The smallest absolute Gasteiger partial charge is 0.303 e. The first-order valence-electron chi connectivity index (χ1n) is 16.9. The molecule has 0 aromatic heterocycles. The van der Waals surface area contributed by atoms with Crippen LogP contribution in [-0.2, 0) is 18.8 Å². The number of unbranched alkanes of at least 4 members (excludes halogenated alkanes) is 6. The first-order chi connectivity index (χ1) is 21.7. The van der Waals surface area contributed by atoms with Crippen molar-refractivity contribution in [1.29, 1.82) is 0 Å². The molecule has 3 aromatic rings. The Morgan fingerprint density at radius 2 is 1.42 bits per heavy atom. The van der Waals surface area contributed by atoms with Crippen molar-refractivity contribution >= 4 is 37.0 Å². The second-order valence-corrected chi connectivity index (χ2v) is 17.4. The first-order valence-corrected chi connectivity index (χ1v) is 18.8. The molecular weight excluding hydrogens is 573 g/mol. The molecule has 0 N–H and O–H groups in total. The Morgan fingerprint density at radius 3 is 2.00 bits per heavy atom.